The van der Waals surface area contributed by atoms with Crippen LogP contribution < -0.4 is 5.32 Å². The minimum atomic E-state index is -3.12. The van der Waals surface area contributed by atoms with Gasteiger partial charge >= 0.3 is 0 Å². The van der Waals surface area contributed by atoms with E-state index in [1.165, 1.54) is 11.4 Å². The Balaban J connectivity index is 3.89. The zero-order valence-electron chi connectivity index (χ0n) is 9.12. The summed E-state index contributed by atoms with van der Waals surface area (Å²) in [6.45, 7) is 1.62. The Morgan fingerprint density at radius 1 is 1.43 bits per heavy atom. The van der Waals surface area contributed by atoms with Crippen molar-refractivity contribution in [1.29, 1.82) is 0 Å². The summed E-state index contributed by atoms with van der Waals surface area (Å²) in [5.74, 6) is 0.0551. The number of nitrogens with zero attached hydrogens (tertiary/aromatic N) is 1. The van der Waals surface area contributed by atoms with Crippen molar-refractivity contribution in [3.63, 3.8) is 0 Å². The first-order chi connectivity index (χ1) is 6.54. The summed E-state index contributed by atoms with van der Waals surface area (Å²) in [5, 5.41) is 2.97. The van der Waals surface area contributed by atoms with Gasteiger partial charge in [0.25, 0.3) is 0 Å². The van der Waals surface area contributed by atoms with Crippen molar-refractivity contribution >= 4 is 10.0 Å². The Labute approximate surface area is 86.5 Å². The number of methoxy groups -OCH3 is 1. The third-order valence-electron chi connectivity index (χ3n) is 1.92. The number of nitrogens with one attached hydrogen (secondary N) is 1. The Hall–Kier alpha value is -0.170. The SMILES string of the molecule is CNCCCN(C)S(=O)(=O)CCOC. The van der Waals surface area contributed by atoms with Gasteiger partial charge in [-0.15, -0.1) is 0 Å². The van der Waals surface area contributed by atoms with Gasteiger partial charge in [-0.3, -0.25) is 0 Å². The fraction of sp³-hybridized carbons (Fsp3) is 1.00. The fourth-order valence-electron chi connectivity index (χ4n) is 0.962. The fourth-order valence-corrected chi connectivity index (χ4v) is 2.06. The van der Waals surface area contributed by atoms with Gasteiger partial charge < -0.3 is 10.1 Å². The van der Waals surface area contributed by atoms with Gasteiger partial charge in [0.2, 0.25) is 10.0 Å². The Morgan fingerprint density at radius 3 is 2.57 bits per heavy atom. The largest absolute Gasteiger partial charge is 0.384 e. The highest BCUT2D eigenvalue weighted by Crippen LogP contribution is 1.98. The normalized spacial score (nSPS) is 12.3. The lowest BCUT2D eigenvalue weighted by atomic mass is 10.4. The van der Waals surface area contributed by atoms with E-state index in [0.29, 0.717) is 6.54 Å². The van der Waals surface area contributed by atoms with Crippen molar-refractivity contribution < 1.29 is 13.2 Å². The van der Waals surface area contributed by atoms with Gasteiger partial charge in [-0.25, -0.2) is 12.7 Å². The molecule has 5 nitrogen and oxygen atoms in total. The zero-order valence-corrected chi connectivity index (χ0v) is 9.93. The van der Waals surface area contributed by atoms with Crippen LogP contribution in [0.15, 0.2) is 0 Å². The molecule has 0 atom stereocenters. The standard InChI is InChI=1S/C8H20N2O3S/c1-9-5-4-6-10(2)14(11,12)8-7-13-3/h9H,4-8H2,1-3H3. The average molecular weight is 224 g/mol. The highest BCUT2D eigenvalue weighted by atomic mass is 32.2. The summed E-state index contributed by atoms with van der Waals surface area (Å²) in [6, 6.07) is 0. The second-order valence-corrected chi connectivity index (χ2v) is 5.28. The minimum Gasteiger partial charge on any atom is -0.384 e. The molecule has 0 saturated heterocycles. The Morgan fingerprint density at radius 2 is 2.07 bits per heavy atom. The third-order valence-corrected chi connectivity index (χ3v) is 3.73. The van der Waals surface area contributed by atoms with E-state index in [2.05, 4.69) is 5.32 Å². The van der Waals surface area contributed by atoms with Crippen LogP contribution in [0.25, 0.3) is 0 Å². The smallest absolute Gasteiger partial charge is 0.216 e. The van der Waals surface area contributed by atoms with Gasteiger partial charge in [0.05, 0.1) is 12.4 Å². The average Bonchev–Trinajstić information content (AvgIpc) is 2.15. The molecular weight excluding hydrogens is 204 g/mol. The van der Waals surface area contributed by atoms with E-state index in [1.807, 2.05) is 7.05 Å². The predicted molar refractivity (Wildman–Crippen MR) is 56.8 cm³/mol. The quantitative estimate of drug-likeness (QED) is 0.565. The molecule has 0 aliphatic carbocycles. The van der Waals surface area contributed by atoms with E-state index in [9.17, 15) is 8.42 Å². The lowest BCUT2D eigenvalue weighted by Crippen LogP contribution is -2.32. The highest BCUT2D eigenvalue weighted by Gasteiger charge is 2.16. The molecule has 14 heavy (non-hydrogen) atoms. The molecule has 0 fully saturated rings. The molecule has 0 radical (unpaired) electrons. The van der Waals surface area contributed by atoms with Crippen LogP contribution >= 0.6 is 0 Å². The molecule has 0 heterocycles. The minimum absolute atomic E-state index is 0.0551. The first-order valence-corrected chi connectivity index (χ1v) is 6.23. The molecule has 0 spiro atoms. The second-order valence-electron chi connectivity index (χ2n) is 3.09. The molecule has 0 aromatic heterocycles. The van der Waals surface area contributed by atoms with Gasteiger partial charge in [0.1, 0.15) is 0 Å². The molecule has 6 heteroatoms. The van der Waals surface area contributed by atoms with Crippen molar-refractivity contribution in [3.05, 3.63) is 0 Å². The lowest BCUT2D eigenvalue weighted by molar-refractivity contribution is 0.215. The second kappa shape index (κ2) is 7.17. The third kappa shape index (κ3) is 5.54. The van der Waals surface area contributed by atoms with Crippen LogP contribution in [0.4, 0.5) is 0 Å². The first kappa shape index (κ1) is 13.8. The van der Waals surface area contributed by atoms with Crippen molar-refractivity contribution in [2.75, 3.05) is 46.7 Å². The predicted octanol–water partition coefficient (Wildman–Crippen LogP) is -0.496. The van der Waals surface area contributed by atoms with Crippen LogP contribution in [-0.4, -0.2) is 59.4 Å². The van der Waals surface area contributed by atoms with Crippen LogP contribution in [0.5, 0.6) is 0 Å². The first-order valence-electron chi connectivity index (χ1n) is 4.62. The van der Waals surface area contributed by atoms with Gasteiger partial charge in [-0.05, 0) is 20.0 Å². The molecule has 1 N–H and O–H groups in total. The molecule has 0 rings (SSSR count). The van der Waals surface area contributed by atoms with Crippen LogP contribution in [0.1, 0.15) is 6.42 Å². The summed E-state index contributed by atoms with van der Waals surface area (Å²) in [7, 11) is 1.82. The van der Waals surface area contributed by atoms with E-state index >= 15 is 0 Å². The number of rotatable bonds is 8. The number of hydrogen-bond donors (Lipinski definition) is 1. The molecule has 0 aliphatic heterocycles. The van der Waals surface area contributed by atoms with Crippen LogP contribution in [0, 0.1) is 0 Å². The summed E-state index contributed by atoms with van der Waals surface area (Å²) < 4.78 is 29.1. The molecule has 0 amide bonds. The van der Waals surface area contributed by atoms with E-state index < -0.39 is 10.0 Å². The van der Waals surface area contributed by atoms with E-state index in [0.717, 1.165) is 13.0 Å². The number of hydrogen-bond acceptors (Lipinski definition) is 4. The van der Waals surface area contributed by atoms with E-state index in [-0.39, 0.29) is 12.4 Å². The Bertz CT molecular complexity index is 229. The maximum Gasteiger partial charge on any atom is 0.216 e. The molecule has 0 aromatic carbocycles. The molecule has 0 unspecified atom stereocenters. The maximum absolute atomic E-state index is 11.5. The maximum atomic E-state index is 11.5. The molecule has 0 aliphatic rings. The number of sulfonamides is 1. The molecular formula is C8H20N2O3S. The lowest BCUT2D eigenvalue weighted by Gasteiger charge is -2.16. The summed E-state index contributed by atoms with van der Waals surface area (Å²) in [4.78, 5) is 0. The van der Waals surface area contributed by atoms with Gasteiger partial charge in [0, 0.05) is 20.7 Å². The topological polar surface area (TPSA) is 58.6 Å². The van der Waals surface area contributed by atoms with Crippen molar-refractivity contribution in [2.24, 2.45) is 0 Å². The van der Waals surface area contributed by atoms with Crippen molar-refractivity contribution in [3.8, 4) is 0 Å². The summed E-state index contributed by atoms with van der Waals surface area (Å²) >= 11 is 0. The monoisotopic (exact) mass is 224 g/mol. The summed E-state index contributed by atoms with van der Waals surface area (Å²) in [6.07, 6.45) is 0.819. The Kier molecular flexibility index (Phi) is 7.08. The van der Waals surface area contributed by atoms with Crippen molar-refractivity contribution in [1.82, 2.24) is 9.62 Å². The van der Waals surface area contributed by atoms with Crippen molar-refractivity contribution in [2.45, 2.75) is 6.42 Å². The van der Waals surface area contributed by atoms with Crippen LogP contribution in [0.3, 0.4) is 0 Å². The van der Waals surface area contributed by atoms with E-state index in [1.54, 1.807) is 7.05 Å². The highest BCUT2D eigenvalue weighted by molar-refractivity contribution is 7.89. The molecule has 86 valence electrons. The van der Waals surface area contributed by atoms with Crippen LogP contribution in [-0.2, 0) is 14.8 Å². The number of ether oxygens (including phenoxy) is 1. The molecule has 0 aromatic rings. The summed E-state index contributed by atoms with van der Waals surface area (Å²) in [5.41, 5.74) is 0. The van der Waals surface area contributed by atoms with Gasteiger partial charge in [-0.2, -0.15) is 0 Å². The van der Waals surface area contributed by atoms with Gasteiger partial charge in [-0.1, -0.05) is 0 Å². The van der Waals surface area contributed by atoms with Gasteiger partial charge in [0.15, 0.2) is 0 Å². The molecule has 0 bridgehead atoms. The van der Waals surface area contributed by atoms with Crippen LogP contribution in [0.2, 0.25) is 0 Å². The zero-order chi connectivity index (χ0) is 11.0. The van der Waals surface area contributed by atoms with E-state index in [4.69, 9.17) is 4.74 Å². The molecule has 0 saturated carbocycles.